The Kier molecular flexibility index (Phi) is 4.15. The molecule has 0 saturated heterocycles. The van der Waals surface area contributed by atoms with E-state index in [1.54, 1.807) is 0 Å². The number of halogens is 2. The molecule has 1 aliphatic heterocycles. The first-order valence-corrected chi connectivity index (χ1v) is 10.9. The zero-order valence-electron chi connectivity index (χ0n) is 17.7. The minimum absolute atomic E-state index is 0.172. The molecule has 0 spiro atoms. The Morgan fingerprint density at radius 3 is 2.91 bits per heavy atom. The van der Waals surface area contributed by atoms with E-state index in [4.69, 9.17) is 10.5 Å². The van der Waals surface area contributed by atoms with E-state index >= 15 is 0 Å². The fraction of sp³-hybridized carbons (Fsp3) is 0.455. The summed E-state index contributed by atoms with van der Waals surface area (Å²) in [5, 5.41) is 5.01. The third kappa shape index (κ3) is 3.00. The number of anilines is 1. The Morgan fingerprint density at radius 2 is 2.12 bits per heavy atom. The van der Waals surface area contributed by atoms with Gasteiger partial charge in [0.05, 0.1) is 12.5 Å². The number of fused-ring (bicyclic) bond motifs is 4. The Balaban J connectivity index is 1.24. The van der Waals surface area contributed by atoms with Crippen LogP contribution in [0, 0.1) is 11.7 Å². The first kappa shape index (κ1) is 19.4. The highest BCUT2D eigenvalue weighted by atomic mass is 19.1. The number of alkyl halides is 1. The first-order chi connectivity index (χ1) is 15.4. The lowest BCUT2D eigenvalue weighted by Crippen LogP contribution is -2.22. The van der Waals surface area contributed by atoms with E-state index in [9.17, 15) is 8.78 Å². The number of nitrogen functional groups attached to an aromatic ring is 1. The third-order valence-corrected chi connectivity index (χ3v) is 6.66. The maximum atomic E-state index is 14.5. The van der Waals surface area contributed by atoms with Crippen LogP contribution in [0.3, 0.4) is 0 Å². The van der Waals surface area contributed by atoms with Crippen LogP contribution in [-0.4, -0.2) is 36.2 Å². The number of imidazole rings is 1. The molecule has 1 aromatic carbocycles. The van der Waals surface area contributed by atoms with Crippen LogP contribution in [0.4, 0.5) is 14.7 Å². The molecule has 1 saturated carbocycles. The zero-order chi connectivity index (χ0) is 22.0. The average molecular weight is 439 g/mol. The predicted octanol–water partition coefficient (Wildman–Crippen LogP) is 3.36. The number of aryl methyl sites for hydroxylation is 1. The molecule has 0 bridgehead atoms. The summed E-state index contributed by atoms with van der Waals surface area (Å²) in [5.41, 5.74) is 6.91. The van der Waals surface area contributed by atoms with Gasteiger partial charge in [0.25, 0.3) is 0 Å². The maximum Gasteiger partial charge on any atom is 0.223 e. The molecule has 0 amide bonds. The molecule has 1 aliphatic carbocycles. The van der Waals surface area contributed by atoms with Crippen molar-refractivity contribution < 1.29 is 13.5 Å². The largest absolute Gasteiger partial charge is 0.494 e. The van der Waals surface area contributed by atoms with Crippen LogP contribution in [0.5, 0.6) is 5.75 Å². The highest BCUT2D eigenvalue weighted by Crippen LogP contribution is 2.49. The standard InChI is InChI=1S/C22H23F2N7O/c1-32-16-10-13(23)9-15-18(16)28-21(25)31-19(15)27-17(29-31)3-2-12-4-7-30-14(8-12)11-26-20(30)22(24)5-6-22/h9-12H,2-8H2,1H3,(H2,25,28). The summed E-state index contributed by atoms with van der Waals surface area (Å²) in [7, 11) is 1.46. The molecule has 1 atom stereocenters. The van der Waals surface area contributed by atoms with Gasteiger partial charge >= 0.3 is 0 Å². The summed E-state index contributed by atoms with van der Waals surface area (Å²) in [5.74, 6) is 1.72. The van der Waals surface area contributed by atoms with E-state index in [0.29, 0.717) is 59.1 Å². The highest BCUT2D eigenvalue weighted by Gasteiger charge is 2.49. The molecule has 8 nitrogen and oxygen atoms in total. The van der Waals surface area contributed by atoms with Crippen LogP contribution in [0.1, 0.15) is 43.0 Å². The lowest BCUT2D eigenvalue weighted by molar-refractivity contribution is 0.275. The van der Waals surface area contributed by atoms with Crippen molar-refractivity contribution in [3.05, 3.63) is 41.5 Å². The van der Waals surface area contributed by atoms with Crippen molar-refractivity contribution in [3.63, 3.8) is 0 Å². The molecule has 1 unspecified atom stereocenters. The van der Waals surface area contributed by atoms with E-state index in [2.05, 4.69) is 24.6 Å². The van der Waals surface area contributed by atoms with Crippen LogP contribution in [0.15, 0.2) is 18.3 Å². The molecule has 2 N–H and O–H groups in total. The van der Waals surface area contributed by atoms with Crippen molar-refractivity contribution in [1.82, 2.24) is 29.1 Å². The predicted molar refractivity (Wildman–Crippen MR) is 114 cm³/mol. The summed E-state index contributed by atoms with van der Waals surface area (Å²) in [6.07, 6.45) is 6.36. The summed E-state index contributed by atoms with van der Waals surface area (Å²) in [6.45, 7) is 0.792. The summed E-state index contributed by atoms with van der Waals surface area (Å²) in [6, 6.07) is 2.64. The number of hydrogen-bond donors (Lipinski definition) is 1. The van der Waals surface area contributed by atoms with Gasteiger partial charge in [-0.3, -0.25) is 0 Å². The van der Waals surface area contributed by atoms with Gasteiger partial charge in [-0.2, -0.15) is 4.52 Å². The summed E-state index contributed by atoms with van der Waals surface area (Å²) < 4.78 is 37.3. The van der Waals surface area contributed by atoms with Crippen molar-refractivity contribution in [2.75, 3.05) is 12.8 Å². The van der Waals surface area contributed by atoms with Crippen molar-refractivity contribution in [3.8, 4) is 5.75 Å². The van der Waals surface area contributed by atoms with Gasteiger partial charge in [0, 0.05) is 30.9 Å². The lowest BCUT2D eigenvalue weighted by atomic mass is 9.91. The molecule has 4 heterocycles. The van der Waals surface area contributed by atoms with Gasteiger partial charge in [0.15, 0.2) is 17.1 Å². The average Bonchev–Trinajstić information content (AvgIpc) is 3.21. The van der Waals surface area contributed by atoms with Gasteiger partial charge in [-0.05, 0) is 44.1 Å². The van der Waals surface area contributed by atoms with Gasteiger partial charge in [-0.1, -0.05) is 0 Å². The Labute approximate surface area is 182 Å². The molecule has 1 fully saturated rings. The number of benzene rings is 1. The number of aromatic nitrogens is 6. The smallest absolute Gasteiger partial charge is 0.223 e. The fourth-order valence-corrected chi connectivity index (χ4v) is 4.78. The minimum Gasteiger partial charge on any atom is -0.494 e. The molecule has 2 aliphatic rings. The van der Waals surface area contributed by atoms with Gasteiger partial charge < -0.3 is 15.0 Å². The number of hydrogen-bond acceptors (Lipinski definition) is 6. The zero-order valence-corrected chi connectivity index (χ0v) is 17.7. The van der Waals surface area contributed by atoms with Gasteiger partial charge in [-0.25, -0.2) is 23.7 Å². The van der Waals surface area contributed by atoms with E-state index in [0.717, 1.165) is 31.5 Å². The van der Waals surface area contributed by atoms with E-state index in [1.807, 2.05) is 6.20 Å². The Bertz CT molecular complexity index is 1360. The van der Waals surface area contributed by atoms with Crippen molar-refractivity contribution in [2.45, 2.75) is 50.7 Å². The molecule has 0 radical (unpaired) electrons. The summed E-state index contributed by atoms with van der Waals surface area (Å²) >= 11 is 0. The SMILES string of the molecule is COc1cc(F)cc2c1nc(N)n1nc(CCC3CCn4c(cnc4C4(F)CC4)C3)nc21. The quantitative estimate of drug-likeness (QED) is 0.512. The molecular weight excluding hydrogens is 416 g/mol. The number of nitrogens with zero attached hydrogens (tertiary/aromatic N) is 6. The number of nitrogens with two attached hydrogens (primary N) is 1. The van der Waals surface area contributed by atoms with E-state index in [1.165, 1.54) is 23.8 Å². The maximum absolute atomic E-state index is 14.5. The van der Waals surface area contributed by atoms with Gasteiger partial charge in [-0.15, -0.1) is 5.10 Å². The third-order valence-electron chi connectivity index (χ3n) is 6.66. The normalized spacial score (nSPS) is 19.4. The second-order valence-corrected chi connectivity index (χ2v) is 8.83. The molecule has 3 aromatic heterocycles. The van der Waals surface area contributed by atoms with E-state index in [-0.39, 0.29) is 5.95 Å². The Morgan fingerprint density at radius 1 is 1.28 bits per heavy atom. The van der Waals surface area contributed by atoms with Crippen LogP contribution in [-0.2, 0) is 25.1 Å². The molecule has 4 aromatic rings. The first-order valence-electron chi connectivity index (χ1n) is 10.9. The van der Waals surface area contributed by atoms with Crippen molar-refractivity contribution in [2.24, 2.45) is 5.92 Å². The van der Waals surface area contributed by atoms with E-state index < -0.39 is 11.5 Å². The minimum atomic E-state index is -1.20. The second kappa shape index (κ2) is 6.85. The van der Waals surface area contributed by atoms with Gasteiger partial charge in [0.1, 0.15) is 22.9 Å². The van der Waals surface area contributed by atoms with Crippen LogP contribution in [0.25, 0.3) is 16.6 Å². The molecular formula is C22H23F2N7O. The van der Waals surface area contributed by atoms with Crippen LogP contribution < -0.4 is 10.5 Å². The fourth-order valence-electron chi connectivity index (χ4n) is 4.78. The second-order valence-electron chi connectivity index (χ2n) is 8.83. The van der Waals surface area contributed by atoms with Crippen molar-refractivity contribution in [1.29, 1.82) is 0 Å². The number of methoxy groups -OCH3 is 1. The monoisotopic (exact) mass is 439 g/mol. The van der Waals surface area contributed by atoms with Crippen LogP contribution >= 0.6 is 0 Å². The van der Waals surface area contributed by atoms with Crippen molar-refractivity contribution >= 4 is 22.5 Å². The molecule has 32 heavy (non-hydrogen) atoms. The van der Waals surface area contributed by atoms with Gasteiger partial charge in [0.2, 0.25) is 5.95 Å². The lowest BCUT2D eigenvalue weighted by Gasteiger charge is -2.25. The summed E-state index contributed by atoms with van der Waals surface area (Å²) in [4.78, 5) is 13.3. The topological polar surface area (TPSA) is 96.2 Å². The number of ether oxygens (including phenoxy) is 1. The molecule has 6 rings (SSSR count). The Hall–Kier alpha value is -3.30. The number of rotatable bonds is 5. The molecule has 166 valence electrons. The molecule has 10 heteroatoms. The highest BCUT2D eigenvalue weighted by molar-refractivity contribution is 5.95. The van der Waals surface area contributed by atoms with Crippen LogP contribution in [0.2, 0.25) is 0 Å².